The van der Waals surface area contributed by atoms with Crippen molar-refractivity contribution >= 4 is 43.2 Å². The van der Waals surface area contributed by atoms with Crippen LogP contribution in [-0.4, -0.2) is 32.2 Å². The average molecular weight is 485 g/mol. The van der Waals surface area contributed by atoms with Crippen LogP contribution in [0.3, 0.4) is 0 Å². The van der Waals surface area contributed by atoms with Gasteiger partial charge in [0.25, 0.3) is 0 Å². The van der Waals surface area contributed by atoms with Crippen LogP contribution in [0.5, 0.6) is 5.75 Å². The first-order valence-electron chi connectivity index (χ1n) is 10.0. The second kappa shape index (κ2) is 9.55. The van der Waals surface area contributed by atoms with E-state index in [9.17, 15) is 18.0 Å². The van der Waals surface area contributed by atoms with Crippen molar-refractivity contribution in [3.63, 3.8) is 0 Å². The van der Waals surface area contributed by atoms with Crippen LogP contribution in [-0.2, 0) is 14.6 Å². The number of nitrogens with zero attached hydrogens (tertiary/aromatic N) is 1. The number of nitrogens with one attached hydrogen (secondary N) is 1. The quantitative estimate of drug-likeness (QED) is 0.374. The monoisotopic (exact) mass is 484 g/mol. The molecule has 4 aromatic rings. The molecule has 0 aliphatic heterocycles. The molecule has 10 heteroatoms. The van der Waals surface area contributed by atoms with E-state index in [4.69, 9.17) is 9.15 Å². The molecule has 0 aliphatic carbocycles. The first-order chi connectivity index (χ1) is 15.9. The van der Waals surface area contributed by atoms with Crippen molar-refractivity contribution in [3.05, 3.63) is 70.4 Å². The van der Waals surface area contributed by atoms with E-state index in [1.165, 1.54) is 30.6 Å². The minimum atomic E-state index is -3.50. The molecule has 2 aromatic heterocycles. The Labute approximate surface area is 193 Å². The Kier molecular flexibility index (Phi) is 6.57. The van der Waals surface area contributed by atoms with Gasteiger partial charge in [-0.15, -0.1) is 11.3 Å². The minimum absolute atomic E-state index is 0.0163. The zero-order valence-electron chi connectivity index (χ0n) is 17.6. The van der Waals surface area contributed by atoms with Crippen LogP contribution in [0, 0.1) is 0 Å². The molecule has 0 saturated carbocycles. The molecular weight excluding hydrogens is 464 g/mol. The number of ether oxygens (including phenoxy) is 1. The van der Waals surface area contributed by atoms with Crippen molar-refractivity contribution < 1.29 is 22.4 Å². The molecule has 1 N–H and O–H groups in total. The third-order valence-electron chi connectivity index (χ3n) is 4.90. The number of methoxy groups -OCH3 is 1. The lowest BCUT2D eigenvalue weighted by Crippen LogP contribution is -2.14. The maximum atomic E-state index is 12.4. The van der Waals surface area contributed by atoms with Gasteiger partial charge in [-0.05, 0) is 42.8 Å². The minimum Gasteiger partial charge on any atom is -0.497 e. The highest BCUT2D eigenvalue weighted by Crippen LogP contribution is 2.25. The van der Waals surface area contributed by atoms with Gasteiger partial charge in [0.2, 0.25) is 5.91 Å². The van der Waals surface area contributed by atoms with Gasteiger partial charge in [0.05, 0.1) is 29.0 Å². The van der Waals surface area contributed by atoms with Crippen molar-refractivity contribution in [3.8, 4) is 17.0 Å². The number of sulfone groups is 1. The van der Waals surface area contributed by atoms with Crippen LogP contribution in [0.25, 0.3) is 22.2 Å². The Balaban J connectivity index is 1.36. The summed E-state index contributed by atoms with van der Waals surface area (Å²) >= 11 is 1.17. The number of para-hydroxylation sites is 1. The Morgan fingerprint density at radius 2 is 1.91 bits per heavy atom. The predicted octanol–water partition coefficient (Wildman–Crippen LogP) is 4.12. The van der Waals surface area contributed by atoms with Crippen molar-refractivity contribution in [1.29, 1.82) is 0 Å². The molecule has 8 nitrogen and oxygen atoms in total. The molecular formula is C23H20N2O6S2. The van der Waals surface area contributed by atoms with Crippen molar-refractivity contribution in [2.75, 3.05) is 18.2 Å². The second-order valence-corrected chi connectivity index (χ2v) is 10.1. The average Bonchev–Trinajstić information content (AvgIpc) is 3.26. The van der Waals surface area contributed by atoms with E-state index in [1.807, 2.05) is 12.1 Å². The number of rotatable bonds is 8. The number of anilines is 1. The van der Waals surface area contributed by atoms with E-state index in [1.54, 1.807) is 35.7 Å². The SMILES string of the molecule is COc1ccc(S(=O)(=O)CCCC(=O)Nc2nc(-c3cc4ccccc4oc3=O)cs2)cc1. The molecule has 0 saturated heterocycles. The normalized spacial score (nSPS) is 11.4. The van der Waals surface area contributed by atoms with E-state index in [0.29, 0.717) is 27.7 Å². The highest BCUT2D eigenvalue weighted by molar-refractivity contribution is 7.91. The summed E-state index contributed by atoms with van der Waals surface area (Å²) in [6, 6.07) is 15.0. The number of hydrogen-bond donors (Lipinski definition) is 1. The summed E-state index contributed by atoms with van der Waals surface area (Å²) in [5.74, 6) is 0.0533. The lowest BCUT2D eigenvalue weighted by atomic mass is 10.1. The molecule has 170 valence electrons. The van der Waals surface area contributed by atoms with E-state index in [-0.39, 0.29) is 29.4 Å². The fourth-order valence-corrected chi connectivity index (χ4v) is 5.24. The standard InChI is InChI=1S/C23H20N2O6S2/c1-30-16-8-10-17(11-9-16)33(28,29)12-4-7-21(26)25-23-24-19(14-32-23)18-13-15-5-2-3-6-20(15)31-22(18)27/h2-3,5-6,8-11,13-14H,4,7,12H2,1H3,(H,24,25,26). The molecule has 1 amide bonds. The molecule has 0 radical (unpaired) electrons. The van der Waals surface area contributed by atoms with Gasteiger partial charge in [0, 0.05) is 17.2 Å². The number of fused-ring (bicyclic) bond motifs is 1. The Hall–Kier alpha value is -3.50. The summed E-state index contributed by atoms with van der Waals surface area (Å²) in [4.78, 5) is 29.1. The van der Waals surface area contributed by atoms with Crippen LogP contribution >= 0.6 is 11.3 Å². The molecule has 2 aromatic carbocycles. The molecule has 0 aliphatic rings. The van der Waals surface area contributed by atoms with E-state index in [0.717, 1.165) is 5.39 Å². The molecule has 0 atom stereocenters. The van der Waals surface area contributed by atoms with Crippen LogP contribution in [0.2, 0.25) is 0 Å². The van der Waals surface area contributed by atoms with Gasteiger partial charge in [-0.1, -0.05) is 18.2 Å². The summed E-state index contributed by atoms with van der Waals surface area (Å²) in [5.41, 5.74) is 0.674. The zero-order chi connectivity index (χ0) is 23.4. The molecule has 0 bridgehead atoms. The Morgan fingerprint density at radius 3 is 2.67 bits per heavy atom. The zero-order valence-corrected chi connectivity index (χ0v) is 19.2. The summed E-state index contributed by atoms with van der Waals surface area (Å²) in [5, 5.41) is 5.40. The summed E-state index contributed by atoms with van der Waals surface area (Å²) < 4.78 is 35.2. The largest absolute Gasteiger partial charge is 0.497 e. The van der Waals surface area contributed by atoms with Crippen LogP contribution < -0.4 is 15.7 Å². The first-order valence-corrected chi connectivity index (χ1v) is 12.5. The Morgan fingerprint density at radius 1 is 1.15 bits per heavy atom. The number of aromatic nitrogens is 1. The highest BCUT2D eigenvalue weighted by Gasteiger charge is 2.16. The van der Waals surface area contributed by atoms with E-state index < -0.39 is 15.5 Å². The molecule has 0 unspecified atom stereocenters. The number of carbonyl (C=O) groups is 1. The molecule has 4 rings (SSSR count). The van der Waals surface area contributed by atoms with Gasteiger partial charge in [-0.3, -0.25) is 4.79 Å². The van der Waals surface area contributed by atoms with Crippen LogP contribution in [0.15, 0.2) is 74.1 Å². The number of hydrogen-bond acceptors (Lipinski definition) is 8. The molecule has 0 spiro atoms. The number of amides is 1. The van der Waals surface area contributed by atoms with Gasteiger partial charge >= 0.3 is 5.63 Å². The van der Waals surface area contributed by atoms with Gasteiger partial charge in [-0.2, -0.15) is 0 Å². The van der Waals surface area contributed by atoms with Crippen LogP contribution in [0.1, 0.15) is 12.8 Å². The van der Waals surface area contributed by atoms with E-state index in [2.05, 4.69) is 10.3 Å². The van der Waals surface area contributed by atoms with Crippen molar-refractivity contribution in [2.45, 2.75) is 17.7 Å². The maximum Gasteiger partial charge on any atom is 0.345 e. The van der Waals surface area contributed by atoms with Crippen molar-refractivity contribution in [2.24, 2.45) is 0 Å². The lowest BCUT2D eigenvalue weighted by Gasteiger charge is -2.06. The maximum absolute atomic E-state index is 12.4. The topological polar surface area (TPSA) is 116 Å². The molecule has 2 heterocycles. The summed E-state index contributed by atoms with van der Waals surface area (Å²) in [6.07, 6.45) is 0.176. The third-order valence-corrected chi connectivity index (χ3v) is 7.48. The Bertz CT molecular complexity index is 1460. The van der Waals surface area contributed by atoms with Crippen LogP contribution in [0.4, 0.5) is 5.13 Å². The van der Waals surface area contributed by atoms with Gasteiger partial charge in [0.1, 0.15) is 11.3 Å². The lowest BCUT2D eigenvalue weighted by molar-refractivity contribution is -0.116. The van der Waals surface area contributed by atoms with Gasteiger partial charge in [0.15, 0.2) is 15.0 Å². The smallest absolute Gasteiger partial charge is 0.345 e. The summed E-state index contributed by atoms with van der Waals surface area (Å²) in [7, 11) is -2.00. The fourth-order valence-electron chi connectivity index (χ4n) is 3.20. The molecule has 0 fully saturated rings. The van der Waals surface area contributed by atoms with E-state index >= 15 is 0 Å². The first kappa shape index (κ1) is 22.7. The summed E-state index contributed by atoms with van der Waals surface area (Å²) in [6.45, 7) is 0. The molecule has 33 heavy (non-hydrogen) atoms. The number of thiazole rings is 1. The number of carbonyl (C=O) groups excluding carboxylic acids is 1. The highest BCUT2D eigenvalue weighted by atomic mass is 32.2. The fraction of sp³-hybridized carbons (Fsp3) is 0.174. The third kappa shape index (κ3) is 5.29. The van der Waals surface area contributed by atoms with Crippen molar-refractivity contribution in [1.82, 2.24) is 4.98 Å². The predicted molar refractivity (Wildman–Crippen MR) is 127 cm³/mol. The second-order valence-electron chi connectivity index (χ2n) is 7.17. The van der Waals surface area contributed by atoms with Gasteiger partial charge in [-0.25, -0.2) is 18.2 Å². The number of benzene rings is 2. The van der Waals surface area contributed by atoms with Gasteiger partial charge < -0.3 is 14.5 Å².